The molecule has 1 aromatic heterocycles. The Hall–Kier alpha value is -4.05. The lowest BCUT2D eigenvalue weighted by Gasteiger charge is -2.29. The molecule has 2 aliphatic rings. The number of carbonyl (C=O) groups is 4. The van der Waals surface area contributed by atoms with E-state index in [0.717, 1.165) is 11.1 Å². The largest absolute Gasteiger partial charge is 0.347 e. The highest BCUT2D eigenvalue weighted by Gasteiger charge is 2.39. The summed E-state index contributed by atoms with van der Waals surface area (Å²) in [7, 11) is 0. The number of aromatic nitrogens is 3. The number of carbonyl (C=O) groups excluding carboxylic acids is 4. The van der Waals surface area contributed by atoms with Crippen molar-refractivity contribution in [3.8, 4) is 5.69 Å². The summed E-state index contributed by atoms with van der Waals surface area (Å²) in [5.74, 6) is -1.40. The summed E-state index contributed by atoms with van der Waals surface area (Å²) in [5, 5.41) is 13.5. The molecule has 1 saturated heterocycles. The maximum Gasteiger partial charge on any atom is 0.273 e. The molecule has 34 heavy (non-hydrogen) atoms. The van der Waals surface area contributed by atoms with Gasteiger partial charge in [-0.05, 0) is 41.8 Å². The maximum atomic E-state index is 12.8. The molecule has 0 saturated carbocycles. The highest BCUT2D eigenvalue weighted by atomic mass is 35.5. The van der Waals surface area contributed by atoms with Crippen molar-refractivity contribution in [2.75, 3.05) is 0 Å². The van der Waals surface area contributed by atoms with E-state index >= 15 is 0 Å². The smallest absolute Gasteiger partial charge is 0.273 e. The van der Waals surface area contributed by atoms with Crippen molar-refractivity contribution in [1.29, 1.82) is 0 Å². The average molecular weight is 479 g/mol. The molecular formula is C23H19ClN6O4. The molecule has 0 aliphatic carbocycles. The van der Waals surface area contributed by atoms with Gasteiger partial charge in [-0.15, -0.1) is 5.10 Å². The fraction of sp³-hybridized carbons (Fsp3) is 0.217. The normalized spacial score (nSPS) is 17.5. The van der Waals surface area contributed by atoms with Gasteiger partial charge in [0.1, 0.15) is 6.04 Å². The number of amides is 4. The summed E-state index contributed by atoms with van der Waals surface area (Å²) in [5.41, 5.74) is 2.92. The van der Waals surface area contributed by atoms with Crippen LogP contribution in [0.5, 0.6) is 0 Å². The van der Waals surface area contributed by atoms with E-state index in [4.69, 9.17) is 11.6 Å². The van der Waals surface area contributed by atoms with E-state index in [9.17, 15) is 19.2 Å². The Morgan fingerprint density at radius 3 is 2.82 bits per heavy atom. The molecule has 1 unspecified atom stereocenters. The molecule has 1 fully saturated rings. The zero-order valence-corrected chi connectivity index (χ0v) is 18.6. The topological polar surface area (TPSA) is 126 Å². The van der Waals surface area contributed by atoms with Crippen LogP contribution in [0.15, 0.2) is 48.7 Å². The monoisotopic (exact) mass is 478 g/mol. The van der Waals surface area contributed by atoms with Crippen molar-refractivity contribution in [2.45, 2.75) is 32.0 Å². The van der Waals surface area contributed by atoms with Gasteiger partial charge in [-0.1, -0.05) is 35.0 Å². The third-order valence-corrected chi connectivity index (χ3v) is 6.07. The summed E-state index contributed by atoms with van der Waals surface area (Å²) >= 11 is 6.00. The van der Waals surface area contributed by atoms with Gasteiger partial charge in [0.2, 0.25) is 11.8 Å². The van der Waals surface area contributed by atoms with E-state index in [0.29, 0.717) is 22.7 Å². The fourth-order valence-electron chi connectivity index (χ4n) is 4.12. The minimum Gasteiger partial charge on any atom is -0.347 e. The van der Waals surface area contributed by atoms with Crippen LogP contribution < -0.4 is 10.6 Å². The Balaban J connectivity index is 1.24. The van der Waals surface area contributed by atoms with Crippen molar-refractivity contribution < 1.29 is 19.2 Å². The quantitative estimate of drug-likeness (QED) is 0.536. The molecule has 3 heterocycles. The molecule has 0 spiro atoms. The van der Waals surface area contributed by atoms with Crippen LogP contribution in [0.4, 0.5) is 0 Å². The van der Waals surface area contributed by atoms with E-state index in [-0.39, 0.29) is 37.0 Å². The van der Waals surface area contributed by atoms with Crippen LogP contribution in [0, 0.1) is 0 Å². The Kier molecular flexibility index (Phi) is 5.58. The van der Waals surface area contributed by atoms with E-state index in [1.54, 1.807) is 36.4 Å². The Morgan fingerprint density at radius 1 is 1.18 bits per heavy atom. The van der Waals surface area contributed by atoms with Gasteiger partial charge in [-0.2, -0.15) is 0 Å². The summed E-state index contributed by atoms with van der Waals surface area (Å²) in [6, 6.07) is 11.6. The minimum absolute atomic E-state index is 0.153. The van der Waals surface area contributed by atoms with Gasteiger partial charge in [0.25, 0.3) is 11.8 Å². The molecule has 2 aromatic carbocycles. The highest BCUT2D eigenvalue weighted by molar-refractivity contribution is 6.30. The van der Waals surface area contributed by atoms with Crippen LogP contribution in [-0.2, 0) is 22.7 Å². The zero-order valence-electron chi connectivity index (χ0n) is 17.8. The van der Waals surface area contributed by atoms with Gasteiger partial charge in [-0.25, -0.2) is 4.68 Å². The molecule has 2 N–H and O–H groups in total. The van der Waals surface area contributed by atoms with Gasteiger partial charge in [-0.3, -0.25) is 24.5 Å². The van der Waals surface area contributed by atoms with E-state index in [2.05, 4.69) is 20.9 Å². The summed E-state index contributed by atoms with van der Waals surface area (Å²) in [6.07, 6.45) is 2.03. The predicted molar refractivity (Wildman–Crippen MR) is 120 cm³/mol. The first-order valence-corrected chi connectivity index (χ1v) is 11.0. The number of benzene rings is 2. The van der Waals surface area contributed by atoms with E-state index in [1.165, 1.54) is 15.8 Å². The van der Waals surface area contributed by atoms with Crippen LogP contribution in [0.2, 0.25) is 5.02 Å². The number of nitrogens with one attached hydrogen (secondary N) is 2. The number of nitrogens with zero attached hydrogens (tertiary/aromatic N) is 4. The van der Waals surface area contributed by atoms with Crippen LogP contribution >= 0.6 is 11.6 Å². The zero-order chi connectivity index (χ0) is 23.8. The molecule has 4 amide bonds. The van der Waals surface area contributed by atoms with E-state index < -0.39 is 17.9 Å². The second kappa shape index (κ2) is 8.71. The molecule has 10 nitrogen and oxygen atoms in total. The van der Waals surface area contributed by atoms with Crippen LogP contribution in [-0.4, -0.2) is 49.6 Å². The molecule has 0 bridgehead atoms. The molecular weight excluding hydrogens is 460 g/mol. The summed E-state index contributed by atoms with van der Waals surface area (Å²) < 4.78 is 1.46. The fourth-order valence-corrected chi connectivity index (χ4v) is 4.31. The number of piperidine rings is 1. The first-order valence-electron chi connectivity index (χ1n) is 10.6. The lowest BCUT2D eigenvalue weighted by molar-refractivity contribution is -0.136. The van der Waals surface area contributed by atoms with Crippen LogP contribution in [0.3, 0.4) is 0 Å². The van der Waals surface area contributed by atoms with Crippen LogP contribution in [0.1, 0.15) is 44.8 Å². The molecule has 1 atom stereocenters. The van der Waals surface area contributed by atoms with Crippen molar-refractivity contribution in [2.24, 2.45) is 0 Å². The third-order valence-electron chi connectivity index (χ3n) is 5.84. The molecule has 5 rings (SSSR count). The van der Waals surface area contributed by atoms with Crippen molar-refractivity contribution >= 4 is 35.2 Å². The van der Waals surface area contributed by atoms with Gasteiger partial charge in [0.05, 0.1) is 11.9 Å². The lowest BCUT2D eigenvalue weighted by atomic mass is 10.0. The van der Waals surface area contributed by atoms with E-state index in [1.807, 2.05) is 6.07 Å². The number of hydrogen-bond donors (Lipinski definition) is 2. The summed E-state index contributed by atoms with van der Waals surface area (Å²) in [6.45, 7) is 0.499. The van der Waals surface area contributed by atoms with Crippen molar-refractivity contribution in [3.05, 3.63) is 76.1 Å². The minimum atomic E-state index is -0.664. The molecule has 3 aromatic rings. The number of fused-ring (bicyclic) bond motifs is 1. The standard InChI is InChI=1S/C23H19ClN6O4/c24-15-2-1-3-16(9-15)30-12-18(27-28-30)21(32)25-10-13-4-5-17-14(8-13)11-29(23(17)34)19-6-7-20(31)26-22(19)33/h1-5,8-9,12,19H,6-7,10-11H2,(H,25,32)(H,26,31,33). The predicted octanol–water partition coefficient (Wildman–Crippen LogP) is 1.61. The SMILES string of the molecule is O=C1CCC(N2Cc3cc(CNC(=O)c4cn(-c5cccc(Cl)c5)nn4)ccc3C2=O)C(=O)N1. The molecule has 2 aliphatic heterocycles. The second-order valence-electron chi connectivity index (χ2n) is 8.10. The first kappa shape index (κ1) is 21.8. The summed E-state index contributed by atoms with van der Waals surface area (Å²) in [4.78, 5) is 50.4. The molecule has 11 heteroatoms. The molecule has 0 radical (unpaired) electrons. The lowest BCUT2D eigenvalue weighted by Crippen LogP contribution is -2.52. The van der Waals surface area contributed by atoms with Gasteiger partial charge < -0.3 is 10.2 Å². The van der Waals surface area contributed by atoms with Crippen LogP contribution in [0.25, 0.3) is 5.69 Å². The van der Waals surface area contributed by atoms with Crippen molar-refractivity contribution in [1.82, 2.24) is 30.5 Å². The van der Waals surface area contributed by atoms with Gasteiger partial charge >= 0.3 is 0 Å². The number of hydrogen-bond acceptors (Lipinski definition) is 6. The highest BCUT2D eigenvalue weighted by Crippen LogP contribution is 2.28. The Labute approximate surface area is 198 Å². The average Bonchev–Trinajstić information content (AvgIpc) is 3.43. The number of halogens is 1. The molecule has 172 valence electrons. The first-order chi connectivity index (χ1) is 16.4. The van der Waals surface area contributed by atoms with Gasteiger partial charge in [0, 0.05) is 30.1 Å². The second-order valence-corrected chi connectivity index (χ2v) is 8.54. The number of rotatable bonds is 5. The third kappa shape index (κ3) is 4.15. The number of imide groups is 1. The Morgan fingerprint density at radius 2 is 2.03 bits per heavy atom. The Bertz CT molecular complexity index is 1340. The van der Waals surface area contributed by atoms with Gasteiger partial charge in [0.15, 0.2) is 5.69 Å². The van der Waals surface area contributed by atoms with Crippen molar-refractivity contribution in [3.63, 3.8) is 0 Å². The maximum absolute atomic E-state index is 12.8.